The number of allylic oxidation sites excluding steroid dienone is 1. The molecular formula is C45H56O7. The SMILES string of the molecule is C/C=C/C(C)(CC1CO1)Oc1ccc(Cc2ccc(OCC(O)CC(CC)(CC)Oc3ccc(Cc4ccc(OCC(C)O)cc4)cc3)cc2)cc1. The maximum atomic E-state index is 11.0. The molecule has 5 rings (SSSR count). The zero-order valence-electron chi connectivity index (χ0n) is 31.4. The molecule has 4 atom stereocenters. The van der Waals surface area contributed by atoms with E-state index >= 15 is 0 Å². The Bertz CT molecular complexity index is 1660. The molecule has 1 aliphatic heterocycles. The second-order valence-electron chi connectivity index (χ2n) is 14.3. The van der Waals surface area contributed by atoms with E-state index in [4.69, 9.17) is 23.7 Å². The van der Waals surface area contributed by atoms with Crippen molar-refractivity contribution in [3.8, 4) is 23.0 Å². The first-order chi connectivity index (χ1) is 25.1. The van der Waals surface area contributed by atoms with Crippen LogP contribution in [0.1, 0.15) is 82.6 Å². The molecule has 0 saturated carbocycles. The van der Waals surface area contributed by atoms with Crippen LogP contribution in [-0.4, -0.2) is 59.5 Å². The minimum absolute atomic E-state index is 0.187. The fraction of sp³-hybridized carbons (Fsp3) is 0.422. The molecule has 1 aliphatic rings. The number of epoxide rings is 1. The quantitative estimate of drug-likeness (QED) is 0.0660. The third kappa shape index (κ3) is 12.1. The minimum Gasteiger partial charge on any atom is -0.491 e. The third-order valence-corrected chi connectivity index (χ3v) is 9.58. The Balaban J connectivity index is 1.07. The molecular weight excluding hydrogens is 652 g/mol. The highest BCUT2D eigenvalue weighted by Crippen LogP contribution is 2.31. The average Bonchev–Trinajstić information content (AvgIpc) is 3.96. The normalized spacial score (nSPS) is 16.6. The van der Waals surface area contributed by atoms with Crippen LogP contribution in [0.25, 0.3) is 0 Å². The Morgan fingerprint density at radius 1 is 0.692 bits per heavy atom. The lowest BCUT2D eigenvalue weighted by Crippen LogP contribution is -2.40. The van der Waals surface area contributed by atoms with Crippen LogP contribution in [0, 0.1) is 0 Å². The summed E-state index contributed by atoms with van der Waals surface area (Å²) < 4.78 is 29.9. The van der Waals surface area contributed by atoms with Gasteiger partial charge in [-0.2, -0.15) is 0 Å². The van der Waals surface area contributed by atoms with E-state index < -0.39 is 17.8 Å². The van der Waals surface area contributed by atoms with Gasteiger partial charge in [-0.3, -0.25) is 0 Å². The highest BCUT2D eigenvalue weighted by molar-refractivity contribution is 5.36. The number of benzene rings is 4. The number of hydrogen-bond donors (Lipinski definition) is 2. The van der Waals surface area contributed by atoms with Crippen molar-refractivity contribution >= 4 is 0 Å². The van der Waals surface area contributed by atoms with Crippen molar-refractivity contribution in [2.75, 3.05) is 19.8 Å². The van der Waals surface area contributed by atoms with Gasteiger partial charge in [-0.15, -0.1) is 0 Å². The summed E-state index contributed by atoms with van der Waals surface area (Å²) in [5.74, 6) is 3.11. The van der Waals surface area contributed by atoms with Gasteiger partial charge in [0.05, 0.1) is 24.9 Å². The van der Waals surface area contributed by atoms with Gasteiger partial charge in [-0.25, -0.2) is 0 Å². The Morgan fingerprint density at radius 2 is 1.12 bits per heavy atom. The number of rotatable bonds is 21. The summed E-state index contributed by atoms with van der Waals surface area (Å²) in [5.41, 5.74) is 3.83. The summed E-state index contributed by atoms with van der Waals surface area (Å²) in [4.78, 5) is 0. The van der Waals surface area contributed by atoms with Crippen molar-refractivity contribution in [3.63, 3.8) is 0 Å². The lowest BCUT2D eigenvalue weighted by Gasteiger charge is -2.34. The highest BCUT2D eigenvalue weighted by atomic mass is 16.6. The second kappa shape index (κ2) is 18.5. The molecule has 1 heterocycles. The van der Waals surface area contributed by atoms with Crippen molar-refractivity contribution in [3.05, 3.63) is 131 Å². The van der Waals surface area contributed by atoms with E-state index in [0.29, 0.717) is 6.42 Å². The number of hydrogen-bond acceptors (Lipinski definition) is 7. The molecule has 0 amide bonds. The van der Waals surface area contributed by atoms with Crippen LogP contribution in [0.2, 0.25) is 0 Å². The summed E-state index contributed by atoms with van der Waals surface area (Å²) in [5, 5.41) is 20.5. The second-order valence-corrected chi connectivity index (χ2v) is 14.3. The molecule has 52 heavy (non-hydrogen) atoms. The summed E-state index contributed by atoms with van der Waals surface area (Å²) >= 11 is 0. The molecule has 0 bridgehead atoms. The van der Waals surface area contributed by atoms with Gasteiger partial charge in [0.2, 0.25) is 0 Å². The first-order valence-electron chi connectivity index (χ1n) is 18.7. The van der Waals surface area contributed by atoms with E-state index in [-0.39, 0.29) is 24.9 Å². The first kappa shape index (κ1) is 38.9. The van der Waals surface area contributed by atoms with Crippen LogP contribution in [0.4, 0.5) is 0 Å². The van der Waals surface area contributed by atoms with Gasteiger partial charge in [0.15, 0.2) is 0 Å². The van der Waals surface area contributed by atoms with E-state index in [1.54, 1.807) is 6.92 Å². The molecule has 4 aromatic rings. The molecule has 278 valence electrons. The van der Waals surface area contributed by atoms with Gasteiger partial charge in [0, 0.05) is 12.8 Å². The molecule has 1 saturated heterocycles. The molecule has 0 aromatic heterocycles. The smallest absolute Gasteiger partial charge is 0.127 e. The van der Waals surface area contributed by atoms with Crippen LogP contribution in [0.15, 0.2) is 109 Å². The van der Waals surface area contributed by atoms with Crippen molar-refractivity contribution in [1.29, 1.82) is 0 Å². The van der Waals surface area contributed by atoms with Crippen LogP contribution in [-0.2, 0) is 17.6 Å². The number of aliphatic hydroxyl groups is 2. The average molecular weight is 709 g/mol. The Hall–Kier alpha value is -4.30. The van der Waals surface area contributed by atoms with E-state index in [9.17, 15) is 10.2 Å². The Labute approximate surface area is 310 Å². The first-order valence-corrected chi connectivity index (χ1v) is 18.7. The Morgan fingerprint density at radius 3 is 1.52 bits per heavy atom. The maximum absolute atomic E-state index is 11.0. The lowest BCUT2D eigenvalue weighted by molar-refractivity contribution is -0.00985. The Kier molecular flexibility index (Phi) is 13.8. The molecule has 4 unspecified atom stereocenters. The molecule has 1 fully saturated rings. The summed E-state index contributed by atoms with van der Waals surface area (Å²) in [7, 11) is 0. The highest BCUT2D eigenvalue weighted by Gasteiger charge is 2.34. The van der Waals surface area contributed by atoms with Gasteiger partial charge in [0.25, 0.3) is 0 Å². The third-order valence-electron chi connectivity index (χ3n) is 9.58. The van der Waals surface area contributed by atoms with E-state index in [1.165, 1.54) is 22.3 Å². The molecule has 4 aromatic carbocycles. The van der Waals surface area contributed by atoms with Crippen LogP contribution < -0.4 is 18.9 Å². The topological polar surface area (TPSA) is 89.9 Å². The van der Waals surface area contributed by atoms with E-state index in [0.717, 1.165) is 61.7 Å². The summed E-state index contributed by atoms with van der Waals surface area (Å²) in [6.07, 6.45) is 7.66. The molecule has 0 spiro atoms. The zero-order valence-corrected chi connectivity index (χ0v) is 31.4. The summed E-state index contributed by atoms with van der Waals surface area (Å²) in [6.45, 7) is 11.3. The van der Waals surface area contributed by atoms with Crippen LogP contribution in [0.3, 0.4) is 0 Å². The molecule has 7 heteroatoms. The lowest BCUT2D eigenvalue weighted by atomic mass is 9.90. The molecule has 2 N–H and O–H groups in total. The minimum atomic E-state index is -0.682. The van der Waals surface area contributed by atoms with E-state index in [1.807, 2.05) is 73.7 Å². The van der Waals surface area contributed by atoms with Gasteiger partial charge in [0.1, 0.15) is 47.4 Å². The molecule has 0 radical (unpaired) electrons. The van der Waals surface area contributed by atoms with E-state index in [2.05, 4.69) is 63.2 Å². The van der Waals surface area contributed by atoms with Crippen molar-refractivity contribution in [1.82, 2.24) is 0 Å². The fourth-order valence-corrected chi connectivity index (χ4v) is 6.50. The van der Waals surface area contributed by atoms with Gasteiger partial charge in [-0.05, 0) is 123 Å². The van der Waals surface area contributed by atoms with Gasteiger partial charge >= 0.3 is 0 Å². The molecule has 0 aliphatic carbocycles. The zero-order chi connectivity index (χ0) is 37.0. The predicted octanol–water partition coefficient (Wildman–Crippen LogP) is 8.90. The number of aliphatic hydroxyl groups excluding tert-OH is 2. The molecule has 7 nitrogen and oxygen atoms in total. The van der Waals surface area contributed by atoms with Gasteiger partial charge < -0.3 is 33.9 Å². The van der Waals surface area contributed by atoms with Gasteiger partial charge in [-0.1, -0.05) is 68.5 Å². The largest absolute Gasteiger partial charge is 0.491 e. The predicted molar refractivity (Wildman–Crippen MR) is 207 cm³/mol. The van der Waals surface area contributed by atoms with Crippen molar-refractivity contribution < 1.29 is 33.9 Å². The summed E-state index contributed by atoms with van der Waals surface area (Å²) in [6, 6.07) is 32.5. The monoisotopic (exact) mass is 708 g/mol. The van der Waals surface area contributed by atoms with Crippen molar-refractivity contribution in [2.45, 2.75) is 103 Å². The number of ether oxygens (including phenoxy) is 5. The maximum Gasteiger partial charge on any atom is 0.127 e. The van der Waals surface area contributed by atoms with Crippen LogP contribution >= 0.6 is 0 Å². The fourth-order valence-electron chi connectivity index (χ4n) is 6.50. The van der Waals surface area contributed by atoms with Crippen LogP contribution in [0.5, 0.6) is 23.0 Å². The standard InChI is InChI=1S/C45H56O7/c1-6-25-44(5,29-43-32-50-43)51-41-21-13-36(14-22-41)26-35-11-19-40(20-12-35)49-31-38(47)28-45(7-2,8-3)52-42-23-15-37(16-24-42)27-34-9-17-39(18-10-34)48-30-33(4)46/h6,9-25,33,38,43,46-47H,7-8,26-32H2,1-5H3/b25-6+. The van der Waals surface area contributed by atoms with Crippen molar-refractivity contribution in [2.24, 2.45) is 0 Å².